The SMILES string of the molecule is COc1c(C(F)(F)F)ncc(C(F)F)c1[N+](=O)[O-]. The summed E-state index contributed by atoms with van der Waals surface area (Å²) in [6, 6.07) is 0. The average Bonchev–Trinajstić information content (AvgIpc) is 2.25. The topological polar surface area (TPSA) is 65.3 Å². The number of nitro groups is 1. The molecule has 0 aromatic carbocycles. The van der Waals surface area contributed by atoms with Crippen LogP contribution in [0.5, 0.6) is 5.75 Å². The van der Waals surface area contributed by atoms with Gasteiger partial charge in [0.2, 0.25) is 5.75 Å². The molecule has 10 heteroatoms. The quantitative estimate of drug-likeness (QED) is 0.482. The summed E-state index contributed by atoms with van der Waals surface area (Å²) in [4.78, 5) is 12.0. The summed E-state index contributed by atoms with van der Waals surface area (Å²) in [5, 5.41) is 10.6. The minimum atomic E-state index is -5.04. The van der Waals surface area contributed by atoms with Crippen LogP contribution in [0.25, 0.3) is 0 Å². The molecule has 0 N–H and O–H groups in total. The second-order valence-corrected chi connectivity index (χ2v) is 3.00. The van der Waals surface area contributed by atoms with Gasteiger partial charge in [0.05, 0.1) is 12.0 Å². The fourth-order valence-electron chi connectivity index (χ4n) is 1.24. The highest BCUT2D eigenvalue weighted by atomic mass is 19.4. The molecule has 0 saturated heterocycles. The van der Waals surface area contributed by atoms with Crippen LogP contribution in [0.4, 0.5) is 27.6 Å². The maximum absolute atomic E-state index is 12.5. The van der Waals surface area contributed by atoms with Crippen molar-refractivity contribution < 1.29 is 31.6 Å². The standard InChI is InChI=1S/C8H5F5N2O3/c1-18-5-4(15(16)17)3(7(9)10)2-14-6(5)8(11,12)13/h2,7H,1H3. The van der Waals surface area contributed by atoms with Crippen LogP contribution >= 0.6 is 0 Å². The third kappa shape index (κ3) is 2.46. The second kappa shape index (κ2) is 4.70. The summed E-state index contributed by atoms with van der Waals surface area (Å²) in [5.74, 6) is -1.33. The van der Waals surface area contributed by atoms with Crippen molar-refractivity contribution in [3.8, 4) is 5.75 Å². The first-order valence-electron chi connectivity index (χ1n) is 4.26. The van der Waals surface area contributed by atoms with Crippen LogP contribution < -0.4 is 4.74 Å². The summed E-state index contributed by atoms with van der Waals surface area (Å²) in [6.07, 6.45) is -8.26. The van der Waals surface area contributed by atoms with Gasteiger partial charge in [0.25, 0.3) is 6.43 Å². The van der Waals surface area contributed by atoms with Gasteiger partial charge in [-0.1, -0.05) is 0 Å². The van der Waals surface area contributed by atoms with E-state index in [1.165, 1.54) is 0 Å². The third-order valence-corrected chi connectivity index (χ3v) is 1.93. The van der Waals surface area contributed by atoms with Crippen molar-refractivity contribution in [1.29, 1.82) is 0 Å². The number of ether oxygens (including phenoxy) is 1. The Bertz CT molecular complexity index is 475. The predicted molar refractivity (Wildman–Crippen MR) is 47.4 cm³/mol. The zero-order chi connectivity index (χ0) is 14.1. The van der Waals surface area contributed by atoms with Gasteiger partial charge >= 0.3 is 11.9 Å². The molecule has 0 bridgehead atoms. The highest BCUT2D eigenvalue weighted by Gasteiger charge is 2.42. The second-order valence-electron chi connectivity index (χ2n) is 3.00. The fourth-order valence-corrected chi connectivity index (χ4v) is 1.24. The van der Waals surface area contributed by atoms with Crippen LogP contribution in [0.3, 0.4) is 0 Å². The van der Waals surface area contributed by atoms with Crippen LogP contribution in [0.1, 0.15) is 17.7 Å². The highest BCUT2D eigenvalue weighted by Crippen LogP contribution is 2.43. The number of alkyl halides is 5. The molecule has 0 spiro atoms. The van der Waals surface area contributed by atoms with E-state index >= 15 is 0 Å². The molecule has 0 saturated carbocycles. The highest BCUT2D eigenvalue weighted by molar-refractivity contribution is 5.55. The number of aromatic nitrogens is 1. The molecule has 100 valence electrons. The van der Waals surface area contributed by atoms with Crippen LogP contribution in [0.15, 0.2) is 6.20 Å². The predicted octanol–water partition coefficient (Wildman–Crippen LogP) is 2.95. The number of methoxy groups -OCH3 is 1. The van der Waals surface area contributed by atoms with Gasteiger partial charge in [-0.05, 0) is 0 Å². The molecule has 0 fully saturated rings. The molecule has 0 radical (unpaired) electrons. The van der Waals surface area contributed by atoms with Gasteiger partial charge in [-0.3, -0.25) is 10.1 Å². The Morgan fingerprint density at radius 1 is 1.44 bits per heavy atom. The van der Waals surface area contributed by atoms with Crippen molar-refractivity contribution in [2.24, 2.45) is 0 Å². The molecule has 0 unspecified atom stereocenters. The summed E-state index contributed by atoms with van der Waals surface area (Å²) in [7, 11) is 0.703. The molecule has 1 aromatic heterocycles. The van der Waals surface area contributed by atoms with E-state index in [0.29, 0.717) is 7.11 Å². The van der Waals surface area contributed by atoms with Gasteiger partial charge in [0.15, 0.2) is 5.69 Å². The molecule has 0 aliphatic carbocycles. The van der Waals surface area contributed by atoms with Gasteiger partial charge in [0.1, 0.15) is 5.56 Å². The molecule has 18 heavy (non-hydrogen) atoms. The van der Waals surface area contributed by atoms with Crippen LogP contribution in [0.2, 0.25) is 0 Å². The monoisotopic (exact) mass is 272 g/mol. The Morgan fingerprint density at radius 3 is 2.33 bits per heavy atom. The minimum Gasteiger partial charge on any atom is -0.489 e. The Hall–Kier alpha value is -2.00. The molecule has 5 nitrogen and oxygen atoms in total. The first kappa shape index (κ1) is 14.1. The molecular formula is C8H5F5N2O3. The molecule has 0 atom stereocenters. The first-order valence-corrected chi connectivity index (χ1v) is 4.26. The van der Waals surface area contributed by atoms with Crippen molar-refractivity contribution >= 4 is 5.69 Å². The third-order valence-electron chi connectivity index (χ3n) is 1.93. The zero-order valence-electron chi connectivity index (χ0n) is 8.66. The van der Waals surface area contributed by atoms with Crippen molar-refractivity contribution in [2.45, 2.75) is 12.6 Å². The lowest BCUT2D eigenvalue weighted by Gasteiger charge is -2.12. The van der Waals surface area contributed by atoms with E-state index in [9.17, 15) is 32.1 Å². The summed E-state index contributed by atoms with van der Waals surface area (Å²) in [6.45, 7) is 0. The van der Waals surface area contributed by atoms with E-state index in [4.69, 9.17) is 0 Å². The van der Waals surface area contributed by atoms with E-state index in [1.807, 2.05) is 0 Å². The number of pyridine rings is 1. The maximum Gasteiger partial charge on any atom is 0.437 e. The molecular weight excluding hydrogens is 267 g/mol. The number of halogens is 5. The van der Waals surface area contributed by atoms with Gasteiger partial charge in [0, 0.05) is 6.20 Å². The van der Waals surface area contributed by atoms with E-state index in [1.54, 1.807) is 0 Å². The van der Waals surface area contributed by atoms with Gasteiger partial charge < -0.3 is 4.74 Å². The number of nitrogens with zero attached hydrogens (tertiary/aromatic N) is 2. The van der Waals surface area contributed by atoms with E-state index in [0.717, 1.165) is 0 Å². The molecule has 0 aliphatic rings. The normalized spacial score (nSPS) is 11.7. The molecule has 1 aromatic rings. The lowest BCUT2D eigenvalue weighted by atomic mass is 10.2. The van der Waals surface area contributed by atoms with Crippen LogP contribution in [-0.4, -0.2) is 17.0 Å². The van der Waals surface area contributed by atoms with Crippen molar-refractivity contribution in [2.75, 3.05) is 7.11 Å². The average molecular weight is 272 g/mol. The van der Waals surface area contributed by atoms with E-state index in [-0.39, 0.29) is 6.20 Å². The van der Waals surface area contributed by atoms with Crippen molar-refractivity contribution in [3.05, 3.63) is 27.6 Å². The Labute approximate surface area is 96.3 Å². The van der Waals surface area contributed by atoms with Crippen LogP contribution in [0, 0.1) is 10.1 Å². The maximum atomic E-state index is 12.5. The number of hydrogen-bond donors (Lipinski definition) is 0. The van der Waals surface area contributed by atoms with Crippen molar-refractivity contribution in [1.82, 2.24) is 4.98 Å². The Morgan fingerprint density at radius 2 is 2.00 bits per heavy atom. The van der Waals surface area contributed by atoms with E-state index in [2.05, 4.69) is 9.72 Å². The fraction of sp³-hybridized carbons (Fsp3) is 0.375. The Balaban J connectivity index is 3.64. The van der Waals surface area contributed by atoms with Gasteiger partial charge in [-0.2, -0.15) is 13.2 Å². The lowest BCUT2D eigenvalue weighted by Crippen LogP contribution is -2.13. The van der Waals surface area contributed by atoms with Crippen molar-refractivity contribution in [3.63, 3.8) is 0 Å². The summed E-state index contributed by atoms with van der Waals surface area (Å²) >= 11 is 0. The number of hydrogen-bond acceptors (Lipinski definition) is 4. The smallest absolute Gasteiger partial charge is 0.437 e. The first-order chi connectivity index (χ1) is 8.20. The van der Waals surface area contributed by atoms with Gasteiger partial charge in [-0.15, -0.1) is 0 Å². The molecule has 0 aliphatic heterocycles. The summed E-state index contributed by atoms with van der Waals surface area (Å²) in [5.41, 5.74) is -4.39. The molecule has 1 heterocycles. The summed E-state index contributed by atoms with van der Waals surface area (Å²) < 4.78 is 66.5. The van der Waals surface area contributed by atoms with Gasteiger partial charge in [-0.25, -0.2) is 13.8 Å². The zero-order valence-corrected chi connectivity index (χ0v) is 8.66. The van der Waals surface area contributed by atoms with Crippen LogP contribution in [-0.2, 0) is 6.18 Å². The van der Waals surface area contributed by atoms with E-state index < -0.39 is 40.2 Å². The Kier molecular flexibility index (Phi) is 3.67. The molecule has 1 rings (SSSR count). The molecule has 0 amide bonds. The minimum absolute atomic E-state index is 0.119. The lowest BCUT2D eigenvalue weighted by molar-refractivity contribution is -0.387. The number of rotatable bonds is 3. The largest absolute Gasteiger partial charge is 0.489 e.